The molecule has 0 spiro atoms. The van der Waals surface area contributed by atoms with Crippen LogP contribution in [0.25, 0.3) is 10.6 Å². The van der Waals surface area contributed by atoms with Crippen LogP contribution < -0.4 is 9.80 Å². The molecule has 1 N–H and O–H groups in total. The van der Waals surface area contributed by atoms with Crippen LogP contribution >= 0.6 is 11.3 Å². The fourth-order valence-corrected chi connectivity index (χ4v) is 3.76. The third-order valence-corrected chi connectivity index (χ3v) is 5.23. The molecule has 5 nitrogen and oxygen atoms in total. The van der Waals surface area contributed by atoms with Gasteiger partial charge in [-0.25, -0.2) is 0 Å². The zero-order chi connectivity index (χ0) is 16.4. The molecule has 1 aromatic heterocycles. The van der Waals surface area contributed by atoms with Gasteiger partial charge in [0, 0.05) is 37.4 Å². The van der Waals surface area contributed by atoms with E-state index in [4.69, 9.17) is 0 Å². The molecule has 0 aliphatic carbocycles. The minimum absolute atomic E-state index is 0.305. The Balaban J connectivity index is 1.43. The Kier molecular flexibility index (Phi) is 4.04. The molecule has 1 fully saturated rings. The summed E-state index contributed by atoms with van der Waals surface area (Å²) < 4.78 is 0. The first-order chi connectivity index (χ1) is 11.8. The second kappa shape index (κ2) is 6.49. The average Bonchev–Trinajstić information content (AvgIpc) is 3.13. The van der Waals surface area contributed by atoms with Crippen LogP contribution in [-0.2, 0) is 0 Å². The Hall–Kier alpha value is -2.60. The molecular weight excluding hydrogens is 320 g/mol. The number of benzene rings is 2. The van der Waals surface area contributed by atoms with Gasteiger partial charge in [0.2, 0.25) is 5.13 Å². The molecule has 0 saturated carbocycles. The molecule has 122 valence electrons. The molecule has 24 heavy (non-hydrogen) atoms. The SMILES string of the molecule is Oc1ccc(N2CCN(c3nnc(-c4ccccc4)s3)CC2)cc1. The average molecular weight is 338 g/mol. The highest BCUT2D eigenvalue weighted by Crippen LogP contribution is 2.29. The summed E-state index contributed by atoms with van der Waals surface area (Å²) >= 11 is 1.64. The summed E-state index contributed by atoms with van der Waals surface area (Å²) in [6.07, 6.45) is 0. The number of hydrogen-bond donors (Lipinski definition) is 1. The molecule has 1 aliphatic heterocycles. The topological polar surface area (TPSA) is 52.5 Å². The molecule has 1 aliphatic rings. The first kappa shape index (κ1) is 15.0. The van der Waals surface area contributed by atoms with Crippen molar-refractivity contribution >= 4 is 22.2 Å². The third-order valence-electron chi connectivity index (χ3n) is 4.20. The van der Waals surface area contributed by atoms with E-state index in [1.54, 1.807) is 23.5 Å². The molecule has 4 rings (SSSR count). The number of phenols is 1. The van der Waals surface area contributed by atoms with Crippen LogP contribution in [-0.4, -0.2) is 41.5 Å². The summed E-state index contributed by atoms with van der Waals surface area (Å²) in [5.74, 6) is 0.305. The molecule has 0 bridgehead atoms. The van der Waals surface area contributed by atoms with Crippen molar-refractivity contribution in [2.24, 2.45) is 0 Å². The lowest BCUT2D eigenvalue weighted by Gasteiger charge is -2.35. The number of piperazine rings is 1. The van der Waals surface area contributed by atoms with Crippen LogP contribution in [0.4, 0.5) is 10.8 Å². The Morgan fingerprint density at radius 2 is 1.46 bits per heavy atom. The molecular formula is C18H18N4OS. The zero-order valence-corrected chi connectivity index (χ0v) is 14.0. The molecule has 1 saturated heterocycles. The van der Waals surface area contributed by atoms with Crippen LogP contribution in [0.2, 0.25) is 0 Å². The zero-order valence-electron chi connectivity index (χ0n) is 13.2. The van der Waals surface area contributed by atoms with Gasteiger partial charge in [-0.05, 0) is 24.3 Å². The number of aromatic hydroxyl groups is 1. The van der Waals surface area contributed by atoms with Crippen molar-refractivity contribution in [2.75, 3.05) is 36.0 Å². The highest BCUT2D eigenvalue weighted by atomic mass is 32.1. The number of rotatable bonds is 3. The lowest BCUT2D eigenvalue weighted by molar-refractivity contribution is 0.475. The molecule has 0 amide bonds. The second-order valence-electron chi connectivity index (χ2n) is 5.75. The molecule has 0 unspecified atom stereocenters. The predicted molar refractivity (Wildman–Crippen MR) is 97.9 cm³/mol. The number of hydrogen-bond acceptors (Lipinski definition) is 6. The van der Waals surface area contributed by atoms with Gasteiger partial charge in [-0.15, -0.1) is 10.2 Å². The van der Waals surface area contributed by atoms with Gasteiger partial charge < -0.3 is 14.9 Å². The minimum Gasteiger partial charge on any atom is -0.508 e. The van der Waals surface area contributed by atoms with Crippen molar-refractivity contribution in [1.29, 1.82) is 0 Å². The largest absolute Gasteiger partial charge is 0.508 e. The fraction of sp³-hybridized carbons (Fsp3) is 0.222. The van der Waals surface area contributed by atoms with Crippen LogP contribution in [0.3, 0.4) is 0 Å². The van der Waals surface area contributed by atoms with Gasteiger partial charge in [0.05, 0.1) is 0 Å². The van der Waals surface area contributed by atoms with Crippen LogP contribution in [0.5, 0.6) is 5.75 Å². The Labute approximate surface area is 144 Å². The van der Waals surface area contributed by atoms with Gasteiger partial charge in [-0.3, -0.25) is 0 Å². The highest BCUT2D eigenvalue weighted by molar-refractivity contribution is 7.18. The number of phenolic OH excluding ortho intramolecular Hbond substituents is 1. The standard InChI is InChI=1S/C18H18N4OS/c23-16-8-6-15(7-9-16)21-10-12-22(13-11-21)18-20-19-17(24-18)14-4-2-1-3-5-14/h1-9,23H,10-13H2. The summed E-state index contributed by atoms with van der Waals surface area (Å²) in [4.78, 5) is 4.62. The number of aromatic nitrogens is 2. The van der Waals surface area contributed by atoms with Crippen LogP contribution in [0, 0.1) is 0 Å². The summed E-state index contributed by atoms with van der Waals surface area (Å²) in [6, 6.07) is 17.6. The first-order valence-corrected chi connectivity index (χ1v) is 8.79. The van der Waals surface area contributed by atoms with Gasteiger partial charge >= 0.3 is 0 Å². The maximum absolute atomic E-state index is 9.40. The maximum atomic E-state index is 9.40. The minimum atomic E-state index is 0.305. The van der Waals surface area contributed by atoms with E-state index in [0.29, 0.717) is 5.75 Å². The molecule has 0 atom stereocenters. The Bertz CT molecular complexity index is 795. The predicted octanol–water partition coefficient (Wildman–Crippen LogP) is 3.24. The van der Waals surface area contributed by atoms with Crippen LogP contribution in [0.1, 0.15) is 0 Å². The van der Waals surface area contributed by atoms with E-state index < -0.39 is 0 Å². The monoisotopic (exact) mass is 338 g/mol. The quantitative estimate of drug-likeness (QED) is 0.794. The Morgan fingerprint density at radius 3 is 2.17 bits per heavy atom. The summed E-state index contributed by atoms with van der Waals surface area (Å²) in [5, 5.41) is 20.1. The van der Waals surface area contributed by atoms with E-state index in [2.05, 4.69) is 32.1 Å². The van der Waals surface area contributed by atoms with Crippen molar-refractivity contribution in [3.63, 3.8) is 0 Å². The number of anilines is 2. The van der Waals surface area contributed by atoms with Gasteiger partial charge in [-0.1, -0.05) is 41.7 Å². The molecule has 2 heterocycles. The van der Waals surface area contributed by atoms with E-state index in [1.807, 2.05) is 30.3 Å². The van der Waals surface area contributed by atoms with E-state index in [-0.39, 0.29) is 0 Å². The van der Waals surface area contributed by atoms with E-state index in [1.165, 1.54) is 0 Å². The highest BCUT2D eigenvalue weighted by Gasteiger charge is 2.20. The van der Waals surface area contributed by atoms with E-state index >= 15 is 0 Å². The van der Waals surface area contributed by atoms with Crippen molar-refractivity contribution in [3.8, 4) is 16.3 Å². The van der Waals surface area contributed by atoms with Gasteiger partial charge in [-0.2, -0.15) is 0 Å². The smallest absolute Gasteiger partial charge is 0.208 e. The lowest BCUT2D eigenvalue weighted by atomic mass is 10.2. The summed E-state index contributed by atoms with van der Waals surface area (Å²) in [5.41, 5.74) is 2.26. The second-order valence-corrected chi connectivity index (χ2v) is 6.70. The maximum Gasteiger partial charge on any atom is 0.208 e. The van der Waals surface area contributed by atoms with Crippen LogP contribution in [0.15, 0.2) is 54.6 Å². The first-order valence-electron chi connectivity index (χ1n) is 7.97. The fourth-order valence-electron chi connectivity index (χ4n) is 2.86. The lowest BCUT2D eigenvalue weighted by Crippen LogP contribution is -2.46. The van der Waals surface area contributed by atoms with Crippen molar-refractivity contribution in [2.45, 2.75) is 0 Å². The molecule has 2 aromatic carbocycles. The van der Waals surface area contributed by atoms with Gasteiger partial charge in [0.15, 0.2) is 0 Å². The van der Waals surface area contributed by atoms with Gasteiger partial charge in [0.1, 0.15) is 10.8 Å². The number of nitrogens with zero attached hydrogens (tertiary/aromatic N) is 4. The van der Waals surface area contributed by atoms with E-state index in [9.17, 15) is 5.11 Å². The third kappa shape index (κ3) is 3.05. The van der Waals surface area contributed by atoms with E-state index in [0.717, 1.165) is 47.6 Å². The molecule has 3 aromatic rings. The van der Waals surface area contributed by atoms with Crippen molar-refractivity contribution < 1.29 is 5.11 Å². The summed E-state index contributed by atoms with van der Waals surface area (Å²) in [7, 11) is 0. The normalized spacial score (nSPS) is 14.8. The molecule has 0 radical (unpaired) electrons. The Morgan fingerprint density at radius 1 is 0.792 bits per heavy atom. The summed E-state index contributed by atoms with van der Waals surface area (Å²) in [6.45, 7) is 3.71. The molecule has 6 heteroatoms. The van der Waals surface area contributed by atoms with Crippen molar-refractivity contribution in [1.82, 2.24) is 10.2 Å². The van der Waals surface area contributed by atoms with Crippen molar-refractivity contribution in [3.05, 3.63) is 54.6 Å². The van der Waals surface area contributed by atoms with Gasteiger partial charge in [0.25, 0.3) is 0 Å².